The molecule has 1 heterocycles. The zero-order valence-corrected chi connectivity index (χ0v) is 11.1. The van der Waals surface area contributed by atoms with Gasteiger partial charge in [-0.3, -0.25) is 0 Å². The molecule has 100 valence electrons. The minimum Gasteiger partial charge on any atom is -0.483 e. The molecule has 0 saturated heterocycles. The Balaban J connectivity index is 2.15. The molecule has 0 atom stereocenters. The Morgan fingerprint density at radius 2 is 1.95 bits per heavy atom. The summed E-state index contributed by atoms with van der Waals surface area (Å²) in [5, 5.41) is 8.88. The third kappa shape index (κ3) is 2.76. The van der Waals surface area contributed by atoms with Crippen molar-refractivity contribution in [3.63, 3.8) is 0 Å². The monoisotopic (exact) mass is 261 g/mol. The molecule has 2 aromatic rings. The lowest BCUT2D eigenvalue weighted by atomic mass is 10.1. The summed E-state index contributed by atoms with van der Waals surface area (Å²) in [5.41, 5.74) is 2.39. The summed E-state index contributed by atoms with van der Waals surface area (Å²) in [7, 11) is 0. The van der Waals surface area contributed by atoms with Crippen LogP contribution in [0.4, 0.5) is 0 Å². The van der Waals surface area contributed by atoms with Crippen LogP contribution in [-0.4, -0.2) is 16.1 Å². The maximum atomic E-state index is 10.8. The smallest absolute Gasteiger partial charge is 0.373 e. The Morgan fingerprint density at radius 3 is 2.47 bits per heavy atom. The van der Waals surface area contributed by atoms with Crippen LogP contribution in [0.5, 0.6) is 5.75 Å². The molecule has 0 radical (unpaired) electrons. The summed E-state index contributed by atoms with van der Waals surface area (Å²) in [5.74, 6) is -0.226. The van der Waals surface area contributed by atoms with Crippen molar-refractivity contribution in [3.8, 4) is 5.75 Å². The number of para-hydroxylation sites is 1. The van der Waals surface area contributed by atoms with Gasteiger partial charge in [0.25, 0.3) is 0 Å². The molecule has 2 rings (SSSR count). The first-order valence-corrected chi connectivity index (χ1v) is 5.87. The van der Waals surface area contributed by atoms with Crippen molar-refractivity contribution in [3.05, 3.63) is 46.7 Å². The summed E-state index contributed by atoms with van der Waals surface area (Å²) in [6.07, 6.45) is 0. The molecule has 0 bridgehead atoms. The lowest BCUT2D eigenvalue weighted by molar-refractivity contribution is 0.0657. The number of benzene rings is 1. The van der Waals surface area contributed by atoms with E-state index in [1.165, 1.54) is 0 Å². The minimum absolute atomic E-state index is 0.111. The number of rotatable bonds is 4. The second-order valence-electron chi connectivity index (χ2n) is 4.34. The predicted molar refractivity (Wildman–Crippen MR) is 68.4 cm³/mol. The molecule has 0 aliphatic heterocycles. The van der Waals surface area contributed by atoms with E-state index in [1.54, 1.807) is 6.92 Å². The van der Waals surface area contributed by atoms with Crippen molar-refractivity contribution in [2.45, 2.75) is 27.4 Å². The molecule has 0 unspecified atom stereocenters. The van der Waals surface area contributed by atoms with Crippen molar-refractivity contribution in [1.29, 1.82) is 0 Å². The molecule has 1 aromatic carbocycles. The molecular weight excluding hydrogens is 246 g/mol. The van der Waals surface area contributed by atoms with E-state index in [-0.39, 0.29) is 18.3 Å². The van der Waals surface area contributed by atoms with E-state index in [2.05, 4.69) is 4.98 Å². The fraction of sp³-hybridized carbons (Fsp3) is 0.286. The van der Waals surface area contributed by atoms with Gasteiger partial charge >= 0.3 is 5.97 Å². The number of aromatic nitrogens is 1. The quantitative estimate of drug-likeness (QED) is 0.916. The third-order valence-corrected chi connectivity index (χ3v) is 2.78. The fourth-order valence-corrected chi connectivity index (χ4v) is 1.87. The normalized spacial score (nSPS) is 10.5. The van der Waals surface area contributed by atoms with Crippen LogP contribution in [-0.2, 0) is 6.61 Å². The van der Waals surface area contributed by atoms with Gasteiger partial charge in [-0.1, -0.05) is 18.2 Å². The van der Waals surface area contributed by atoms with Gasteiger partial charge in [-0.25, -0.2) is 9.78 Å². The zero-order chi connectivity index (χ0) is 14.0. The lowest BCUT2D eigenvalue weighted by Crippen LogP contribution is -1.99. The van der Waals surface area contributed by atoms with Crippen LogP contribution in [0.3, 0.4) is 0 Å². The Labute approximate surface area is 110 Å². The van der Waals surface area contributed by atoms with Crippen LogP contribution in [0.15, 0.2) is 22.6 Å². The van der Waals surface area contributed by atoms with Gasteiger partial charge in [-0.05, 0) is 31.9 Å². The maximum Gasteiger partial charge on any atom is 0.373 e. The average molecular weight is 261 g/mol. The molecule has 0 fully saturated rings. The van der Waals surface area contributed by atoms with Gasteiger partial charge in [-0.2, -0.15) is 0 Å². The topological polar surface area (TPSA) is 72.6 Å². The first-order valence-electron chi connectivity index (χ1n) is 5.87. The van der Waals surface area contributed by atoms with E-state index >= 15 is 0 Å². The molecule has 0 saturated carbocycles. The molecule has 1 N–H and O–H groups in total. The van der Waals surface area contributed by atoms with E-state index < -0.39 is 5.97 Å². The van der Waals surface area contributed by atoms with Crippen LogP contribution in [0.1, 0.15) is 33.3 Å². The number of carboxylic acid groups (broad SMARTS) is 1. The van der Waals surface area contributed by atoms with Crippen molar-refractivity contribution in [2.75, 3.05) is 0 Å². The summed E-state index contributed by atoms with van der Waals surface area (Å²) in [6, 6.07) is 5.85. The van der Waals surface area contributed by atoms with Gasteiger partial charge in [0.05, 0.1) is 5.69 Å². The summed E-state index contributed by atoms with van der Waals surface area (Å²) in [6.45, 7) is 5.60. The summed E-state index contributed by atoms with van der Waals surface area (Å²) in [4.78, 5) is 14.9. The average Bonchev–Trinajstić information content (AvgIpc) is 2.70. The molecule has 0 aliphatic rings. The Morgan fingerprint density at radius 1 is 1.32 bits per heavy atom. The van der Waals surface area contributed by atoms with E-state index in [0.717, 1.165) is 16.9 Å². The Kier molecular flexibility index (Phi) is 3.55. The molecule has 0 spiro atoms. The number of ether oxygens (including phenoxy) is 1. The second-order valence-corrected chi connectivity index (χ2v) is 4.34. The highest BCUT2D eigenvalue weighted by Crippen LogP contribution is 2.23. The van der Waals surface area contributed by atoms with Gasteiger partial charge in [0, 0.05) is 0 Å². The maximum absolute atomic E-state index is 10.8. The number of hydrogen-bond acceptors (Lipinski definition) is 4. The van der Waals surface area contributed by atoms with E-state index in [0.29, 0.717) is 5.69 Å². The molecule has 19 heavy (non-hydrogen) atoms. The molecular formula is C14H15NO4. The largest absolute Gasteiger partial charge is 0.483 e. The SMILES string of the molecule is Cc1cccc(C)c1OCc1nc(C)c(C(=O)O)o1. The third-order valence-electron chi connectivity index (χ3n) is 2.78. The van der Waals surface area contributed by atoms with Gasteiger partial charge in [0.2, 0.25) is 11.7 Å². The van der Waals surface area contributed by atoms with Crippen LogP contribution >= 0.6 is 0 Å². The molecule has 5 heteroatoms. The number of aryl methyl sites for hydroxylation is 3. The van der Waals surface area contributed by atoms with Gasteiger partial charge in [0.15, 0.2) is 6.61 Å². The van der Waals surface area contributed by atoms with Crippen LogP contribution in [0.25, 0.3) is 0 Å². The van der Waals surface area contributed by atoms with Crippen LogP contribution in [0.2, 0.25) is 0 Å². The number of aromatic carboxylic acids is 1. The van der Waals surface area contributed by atoms with E-state index in [1.807, 2.05) is 32.0 Å². The standard InChI is InChI=1S/C14H15NO4/c1-8-5-4-6-9(2)12(8)18-7-11-15-10(3)13(19-11)14(16)17/h4-6H,7H2,1-3H3,(H,16,17). The number of nitrogens with zero attached hydrogens (tertiary/aromatic N) is 1. The van der Waals surface area contributed by atoms with Gasteiger partial charge in [0.1, 0.15) is 5.75 Å². The highest BCUT2D eigenvalue weighted by Gasteiger charge is 2.16. The predicted octanol–water partition coefficient (Wildman–Crippen LogP) is 2.88. The van der Waals surface area contributed by atoms with Crippen molar-refractivity contribution >= 4 is 5.97 Å². The molecule has 0 amide bonds. The Hall–Kier alpha value is -2.30. The van der Waals surface area contributed by atoms with Crippen molar-refractivity contribution in [2.24, 2.45) is 0 Å². The van der Waals surface area contributed by atoms with E-state index in [9.17, 15) is 4.79 Å². The number of carboxylic acids is 1. The summed E-state index contributed by atoms with van der Waals surface area (Å²) < 4.78 is 10.8. The van der Waals surface area contributed by atoms with Crippen LogP contribution in [0, 0.1) is 20.8 Å². The number of oxazole rings is 1. The number of hydrogen-bond donors (Lipinski definition) is 1. The first kappa shape index (κ1) is 13.1. The number of carbonyl (C=O) groups is 1. The summed E-state index contributed by atoms with van der Waals surface area (Å²) >= 11 is 0. The highest BCUT2D eigenvalue weighted by molar-refractivity contribution is 5.85. The van der Waals surface area contributed by atoms with Crippen LogP contribution < -0.4 is 4.74 Å². The second kappa shape index (κ2) is 5.14. The molecule has 0 aliphatic carbocycles. The highest BCUT2D eigenvalue weighted by atomic mass is 16.5. The minimum atomic E-state index is -1.12. The Bertz CT molecular complexity index is 596. The zero-order valence-electron chi connectivity index (χ0n) is 11.1. The van der Waals surface area contributed by atoms with Crippen molar-refractivity contribution < 1.29 is 19.1 Å². The van der Waals surface area contributed by atoms with Crippen molar-refractivity contribution in [1.82, 2.24) is 4.98 Å². The molecule has 5 nitrogen and oxygen atoms in total. The van der Waals surface area contributed by atoms with E-state index in [4.69, 9.17) is 14.3 Å². The fourth-order valence-electron chi connectivity index (χ4n) is 1.87. The van der Waals surface area contributed by atoms with Gasteiger partial charge in [-0.15, -0.1) is 0 Å². The lowest BCUT2D eigenvalue weighted by Gasteiger charge is -2.09. The molecule has 1 aromatic heterocycles. The first-order chi connectivity index (χ1) is 8.99. The van der Waals surface area contributed by atoms with Gasteiger partial charge < -0.3 is 14.3 Å².